The largest absolute Gasteiger partial charge is 0.493 e. The highest BCUT2D eigenvalue weighted by Gasteiger charge is 2.11. The fourth-order valence-electron chi connectivity index (χ4n) is 3.97. The molecule has 9 heteroatoms. The maximum atomic E-state index is 6.44. The zero-order chi connectivity index (χ0) is 24.6. The van der Waals surface area contributed by atoms with Crippen molar-refractivity contribution in [2.45, 2.75) is 13.0 Å². The molecule has 1 aliphatic rings. The van der Waals surface area contributed by atoms with Crippen molar-refractivity contribution in [1.29, 1.82) is 0 Å². The Morgan fingerprint density at radius 1 is 0.972 bits per heavy atom. The Bertz CT molecular complexity index is 1290. The fraction of sp³-hybridized carbons (Fsp3) is 0.296. The topological polar surface area (TPSA) is 81.6 Å². The van der Waals surface area contributed by atoms with Crippen molar-refractivity contribution in [1.82, 2.24) is 19.9 Å². The molecule has 0 saturated carbocycles. The van der Waals surface area contributed by atoms with Gasteiger partial charge in [0.1, 0.15) is 18.1 Å². The Morgan fingerprint density at radius 3 is 2.72 bits per heavy atom. The van der Waals surface area contributed by atoms with Crippen LogP contribution in [0.2, 0.25) is 5.02 Å². The number of ether oxygens (including phenoxy) is 3. The third kappa shape index (κ3) is 6.40. The molecule has 0 aliphatic carbocycles. The molecule has 5 rings (SSSR count). The Hall–Kier alpha value is -3.46. The smallest absolute Gasteiger partial charge is 0.227 e. The van der Waals surface area contributed by atoms with E-state index in [1.165, 1.54) is 0 Å². The van der Waals surface area contributed by atoms with Crippen molar-refractivity contribution in [2.75, 3.05) is 44.8 Å². The zero-order valence-electron chi connectivity index (χ0n) is 19.9. The predicted octanol–water partition coefficient (Wildman–Crippen LogP) is 5.10. The van der Waals surface area contributed by atoms with Crippen LogP contribution >= 0.6 is 11.6 Å². The molecule has 0 bridgehead atoms. The summed E-state index contributed by atoms with van der Waals surface area (Å²) in [5.41, 5.74) is 2.40. The molecular weight excluding hydrogens is 478 g/mol. The van der Waals surface area contributed by atoms with Crippen molar-refractivity contribution >= 4 is 34.1 Å². The van der Waals surface area contributed by atoms with Crippen LogP contribution in [0.3, 0.4) is 0 Å². The minimum atomic E-state index is 0.346. The van der Waals surface area contributed by atoms with Crippen LogP contribution in [-0.2, 0) is 11.3 Å². The molecule has 186 valence electrons. The second-order valence-corrected chi connectivity index (χ2v) is 8.83. The van der Waals surface area contributed by atoms with E-state index in [0.29, 0.717) is 29.9 Å². The van der Waals surface area contributed by atoms with Crippen molar-refractivity contribution in [3.05, 3.63) is 77.7 Å². The van der Waals surface area contributed by atoms with E-state index in [9.17, 15) is 0 Å². The second kappa shape index (κ2) is 12.0. The summed E-state index contributed by atoms with van der Waals surface area (Å²) in [6.45, 7) is 5.60. The molecule has 0 unspecified atom stereocenters. The first-order chi connectivity index (χ1) is 17.7. The van der Waals surface area contributed by atoms with E-state index < -0.39 is 0 Å². The zero-order valence-corrected chi connectivity index (χ0v) is 20.7. The van der Waals surface area contributed by atoms with Crippen LogP contribution in [0.25, 0.3) is 10.9 Å². The summed E-state index contributed by atoms with van der Waals surface area (Å²) in [6.07, 6.45) is 4.48. The van der Waals surface area contributed by atoms with Gasteiger partial charge in [0.15, 0.2) is 0 Å². The number of halogens is 1. The molecule has 1 aliphatic heterocycles. The van der Waals surface area contributed by atoms with Gasteiger partial charge < -0.3 is 19.5 Å². The average Bonchev–Trinajstić information content (AvgIpc) is 2.92. The van der Waals surface area contributed by atoms with Crippen molar-refractivity contribution in [2.24, 2.45) is 0 Å². The highest BCUT2D eigenvalue weighted by atomic mass is 35.5. The molecular formula is C27H28ClN5O3. The maximum Gasteiger partial charge on any atom is 0.227 e. The summed E-state index contributed by atoms with van der Waals surface area (Å²) in [7, 11) is 0. The van der Waals surface area contributed by atoms with Crippen LogP contribution in [0.4, 0.5) is 11.6 Å². The quantitative estimate of drug-likeness (QED) is 0.298. The number of fused-ring (bicyclic) bond motifs is 1. The van der Waals surface area contributed by atoms with Crippen LogP contribution in [0.5, 0.6) is 11.5 Å². The first-order valence-corrected chi connectivity index (χ1v) is 12.4. The Morgan fingerprint density at radius 2 is 1.89 bits per heavy atom. The van der Waals surface area contributed by atoms with Crippen LogP contribution in [0.15, 0.2) is 67.0 Å². The molecule has 1 saturated heterocycles. The van der Waals surface area contributed by atoms with Crippen LogP contribution < -0.4 is 14.8 Å². The normalized spacial score (nSPS) is 14.0. The van der Waals surface area contributed by atoms with Crippen LogP contribution in [-0.4, -0.2) is 59.3 Å². The molecule has 0 atom stereocenters. The van der Waals surface area contributed by atoms with Gasteiger partial charge in [-0.2, -0.15) is 0 Å². The average molecular weight is 506 g/mol. The molecule has 1 fully saturated rings. The third-order valence-corrected chi connectivity index (χ3v) is 6.15. The van der Waals surface area contributed by atoms with E-state index in [4.69, 9.17) is 25.8 Å². The Labute approximate surface area is 215 Å². The third-order valence-electron chi connectivity index (χ3n) is 5.86. The minimum Gasteiger partial charge on any atom is -0.493 e. The summed E-state index contributed by atoms with van der Waals surface area (Å²) in [5.74, 6) is 1.85. The molecule has 0 amide bonds. The lowest BCUT2D eigenvalue weighted by atomic mass is 10.2. The van der Waals surface area contributed by atoms with Gasteiger partial charge in [-0.15, -0.1) is 0 Å². The summed E-state index contributed by atoms with van der Waals surface area (Å²) in [6, 6.07) is 17.0. The van der Waals surface area contributed by atoms with Crippen molar-refractivity contribution < 1.29 is 14.2 Å². The number of nitrogens with one attached hydrogen (secondary N) is 1. The molecule has 0 radical (unpaired) electrons. The summed E-state index contributed by atoms with van der Waals surface area (Å²) in [4.78, 5) is 15.8. The minimum absolute atomic E-state index is 0.346. The number of benzene rings is 2. The number of anilines is 2. The van der Waals surface area contributed by atoms with E-state index in [-0.39, 0.29) is 0 Å². The van der Waals surface area contributed by atoms with E-state index in [1.807, 2.05) is 48.5 Å². The van der Waals surface area contributed by atoms with Gasteiger partial charge in [-0.05, 0) is 48.9 Å². The predicted molar refractivity (Wildman–Crippen MR) is 140 cm³/mol. The van der Waals surface area contributed by atoms with Gasteiger partial charge in [0.2, 0.25) is 5.95 Å². The number of pyridine rings is 1. The van der Waals surface area contributed by atoms with Crippen LogP contribution in [0, 0.1) is 0 Å². The lowest BCUT2D eigenvalue weighted by molar-refractivity contribution is 0.0358. The Kier molecular flexibility index (Phi) is 8.07. The lowest BCUT2D eigenvalue weighted by Crippen LogP contribution is -2.37. The highest BCUT2D eigenvalue weighted by molar-refractivity contribution is 6.32. The molecule has 2 aromatic heterocycles. The van der Waals surface area contributed by atoms with E-state index in [1.54, 1.807) is 18.5 Å². The number of aromatic nitrogens is 3. The molecule has 36 heavy (non-hydrogen) atoms. The molecule has 0 spiro atoms. The van der Waals surface area contributed by atoms with Crippen LogP contribution in [0.1, 0.15) is 12.1 Å². The molecule has 2 aromatic carbocycles. The Balaban J connectivity index is 1.18. The summed E-state index contributed by atoms with van der Waals surface area (Å²) in [5, 5.41) is 4.59. The second-order valence-electron chi connectivity index (χ2n) is 8.42. The number of morpholine rings is 1. The van der Waals surface area contributed by atoms with Crippen molar-refractivity contribution in [3.8, 4) is 11.5 Å². The molecule has 8 nitrogen and oxygen atoms in total. The van der Waals surface area contributed by atoms with Gasteiger partial charge in [-0.25, -0.2) is 9.97 Å². The fourth-order valence-corrected chi connectivity index (χ4v) is 4.20. The molecule has 1 N–H and O–H groups in total. The van der Waals surface area contributed by atoms with Gasteiger partial charge in [0.25, 0.3) is 0 Å². The number of nitrogens with zero attached hydrogens (tertiary/aromatic N) is 4. The van der Waals surface area contributed by atoms with Gasteiger partial charge in [0.05, 0.1) is 41.4 Å². The standard InChI is InChI=1S/C27H28ClN5O3/c28-23-17-20(8-9-26(23)36-19-21-5-1-2-10-29-21)31-27-30-18-22-24(32-27)6-3-7-25(22)35-14-4-11-33-12-15-34-16-13-33/h1-3,5-10,17-18H,4,11-16,19H2,(H,30,31,32). The van der Waals surface area contributed by atoms with E-state index in [2.05, 4.69) is 25.2 Å². The highest BCUT2D eigenvalue weighted by Crippen LogP contribution is 2.30. The van der Waals surface area contributed by atoms with Crippen molar-refractivity contribution in [3.63, 3.8) is 0 Å². The molecule has 3 heterocycles. The maximum absolute atomic E-state index is 6.44. The van der Waals surface area contributed by atoms with Gasteiger partial charge in [0, 0.05) is 37.7 Å². The summed E-state index contributed by atoms with van der Waals surface area (Å²) < 4.78 is 17.3. The summed E-state index contributed by atoms with van der Waals surface area (Å²) >= 11 is 6.44. The number of hydrogen-bond donors (Lipinski definition) is 1. The number of rotatable bonds is 10. The monoisotopic (exact) mass is 505 g/mol. The van der Waals surface area contributed by atoms with Gasteiger partial charge >= 0.3 is 0 Å². The van der Waals surface area contributed by atoms with E-state index >= 15 is 0 Å². The lowest BCUT2D eigenvalue weighted by Gasteiger charge is -2.26. The van der Waals surface area contributed by atoms with E-state index in [0.717, 1.165) is 67.3 Å². The van der Waals surface area contributed by atoms with Gasteiger partial charge in [-0.1, -0.05) is 23.7 Å². The van der Waals surface area contributed by atoms with Gasteiger partial charge in [-0.3, -0.25) is 9.88 Å². The first-order valence-electron chi connectivity index (χ1n) is 12.0. The number of hydrogen-bond acceptors (Lipinski definition) is 8. The molecule has 4 aromatic rings. The first kappa shape index (κ1) is 24.2. The SMILES string of the molecule is Clc1cc(Nc2ncc3c(OCCCN4CCOCC4)cccc3n2)ccc1OCc1ccccn1.